The SMILES string of the molecule is C[C@]1(O)[C@@H](CN=[N+]=[N-])O[C@@H](n2cnc3c(NCc4ccccc4)ncnc32)[C@@H]1O. The number of hydrogen-bond acceptors (Lipinski definition) is 8. The highest BCUT2D eigenvalue weighted by molar-refractivity contribution is 5.82. The van der Waals surface area contributed by atoms with Gasteiger partial charge in [-0.1, -0.05) is 35.4 Å². The number of azide groups is 1. The average Bonchev–Trinajstić information content (AvgIpc) is 3.25. The second kappa shape index (κ2) is 7.64. The van der Waals surface area contributed by atoms with Gasteiger partial charge in [-0.05, 0) is 18.0 Å². The van der Waals surface area contributed by atoms with E-state index >= 15 is 0 Å². The molecule has 0 amide bonds. The molecule has 11 heteroatoms. The average molecular weight is 396 g/mol. The lowest BCUT2D eigenvalue weighted by Gasteiger charge is -2.25. The van der Waals surface area contributed by atoms with E-state index in [0.29, 0.717) is 23.5 Å². The summed E-state index contributed by atoms with van der Waals surface area (Å²) in [4.78, 5) is 15.6. The first-order chi connectivity index (χ1) is 14.0. The number of fused-ring (bicyclic) bond motifs is 1. The molecular formula is C18H20N8O3. The van der Waals surface area contributed by atoms with E-state index in [1.54, 1.807) is 4.57 Å². The summed E-state index contributed by atoms with van der Waals surface area (Å²) in [6.45, 7) is 1.89. The first-order valence-electron chi connectivity index (χ1n) is 9.04. The summed E-state index contributed by atoms with van der Waals surface area (Å²) in [5.74, 6) is 0.544. The lowest BCUT2D eigenvalue weighted by molar-refractivity contribution is -0.0600. The van der Waals surface area contributed by atoms with E-state index in [2.05, 4.69) is 30.3 Å². The van der Waals surface area contributed by atoms with E-state index in [1.165, 1.54) is 19.6 Å². The van der Waals surface area contributed by atoms with E-state index in [4.69, 9.17) is 10.3 Å². The Morgan fingerprint density at radius 3 is 2.86 bits per heavy atom. The van der Waals surface area contributed by atoms with Crippen LogP contribution in [0.4, 0.5) is 5.82 Å². The molecule has 0 spiro atoms. The molecule has 2 aromatic heterocycles. The molecule has 150 valence electrons. The molecule has 1 aliphatic heterocycles. The molecular weight excluding hydrogens is 376 g/mol. The summed E-state index contributed by atoms with van der Waals surface area (Å²) in [5, 5.41) is 27.9. The van der Waals surface area contributed by atoms with E-state index in [1.807, 2.05) is 30.3 Å². The molecule has 0 radical (unpaired) electrons. The molecule has 1 aromatic carbocycles. The van der Waals surface area contributed by atoms with Gasteiger partial charge in [0.25, 0.3) is 0 Å². The largest absolute Gasteiger partial charge is 0.385 e. The number of anilines is 1. The molecule has 0 saturated carbocycles. The highest BCUT2D eigenvalue weighted by Gasteiger charge is 2.52. The van der Waals surface area contributed by atoms with Crippen molar-refractivity contribution in [2.75, 3.05) is 11.9 Å². The van der Waals surface area contributed by atoms with Gasteiger partial charge >= 0.3 is 0 Å². The number of benzene rings is 1. The molecule has 29 heavy (non-hydrogen) atoms. The molecule has 0 unspecified atom stereocenters. The minimum atomic E-state index is -1.60. The van der Waals surface area contributed by atoms with Crippen LogP contribution in [0.1, 0.15) is 18.7 Å². The summed E-state index contributed by atoms with van der Waals surface area (Å²) < 4.78 is 7.33. The number of imidazole rings is 1. The van der Waals surface area contributed by atoms with Gasteiger partial charge in [-0.15, -0.1) is 0 Å². The molecule has 0 bridgehead atoms. The van der Waals surface area contributed by atoms with Gasteiger partial charge in [-0.2, -0.15) is 0 Å². The van der Waals surface area contributed by atoms with Crippen molar-refractivity contribution in [3.8, 4) is 0 Å². The van der Waals surface area contributed by atoms with Gasteiger partial charge < -0.3 is 20.3 Å². The second-order valence-electron chi connectivity index (χ2n) is 6.98. The Bertz CT molecular complexity index is 1050. The molecule has 1 aliphatic rings. The van der Waals surface area contributed by atoms with Crippen LogP contribution in [0.15, 0.2) is 48.1 Å². The third-order valence-corrected chi connectivity index (χ3v) is 5.07. The van der Waals surface area contributed by atoms with Gasteiger partial charge in [0.05, 0.1) is 19.0 Å². The predicted octanol–water partition coefficient (Wildman–Crippen LogP) is 1.76. The fourth-order valence-corrected chi connectivity index (χ4v) is 3.36. The number of rotatable bonds is 6. The van der Waals surface area contributed by atoms with Crippen LogP contribution in [0.25, 0.3) is 21.6 Å². The van der Waals surface area contributed by atoms with Gasteiger partial charge in [0.1, 0.15) is 18.0 Å². The summed E-state index contributed by atoms with van der Waals surface area (Å²) in [7, 11) is 0. The standard InChI is InChI=1S/C18H20N8O3/c1-18(28)12(8-24-25-19)29-17(14(18)27)26-10-23-13-15(21-9-22-16(13)26)20-7-11-5-3-2-4-6-11/h2-6,9-10,12,14,17,27-28H,7-8H2,1H3,(H,20,21,22)/t12-,14+,17-,18+/m1/s1. The summed E-state index contributed by atoms with van der Waals surface area (Å²) in [5.41, 5.74) is 8.98. The van der Waals surface area contributed by atoms with Crippen molar-refractivity contribution < 1.29 is 14.9 Å². The minimum absolute atomic E-state index is 0.109. The normalized spacial score (nSPS) is 26.4. The maximum absolute atomic E-state index is 10.6. The molecule has 0 aliphatic carbocycles. The Hall–Kier alpha value is -3.24. The van der Waals surface area contributed by atoms with Gasteiger partial charge in [0.15, 0.2) is 23.2 Å². The van der Waals surface area contributed by atoms with Crippen LogP contribution in [-0.2, 0) is 11.3 Å². The Morgan fingerprint density at radius 2 is 2.10 bits per heavy atom. The first kappa shape index (κ1) is 19.1. The Labute approximate surface area is 165 Å². The molecule has 11 nitrogen and oxygen atoms in total. The van der Waals surface area contributed by atoms with Crippen molar-refractivity contribution in [2.45, 2.75) is 37.5 Å². The summed E-state index contributed by atoms with van der Waals surface area (Å²) in [6.07, 6.45) is -0.203. The number of hydrogen-bond donors (Lipinski definition) is 3. The molecule has 3 N–H and O–H groups in total. The number of nitrogens with one attached hydrogen (secondary N) is 1. The zero-order chi connectivity index (χ0) is 20.4. The van der Waals surface area contributed by atoms with E-state index in [9.17, 15) is 10.2 Å². The fourth-order valence-electron chi connectivity index (χ4n) is 3.36. The van der Waals surface area contributed by atoms with Crippen LogP contribution in [0.2, 0.25) is 0 Å². The topological polar surface area (TPSA) is 154 Å². The summed E-state index contributed by atoms with van der Waals surface area (Å²) >= 11 is 0. The van der Waals surface area contributed by atoms with Gasteiger partial charge in [-0.25, -0.2) is 15.0 Å². The molecule has 4 rings (SSSR count). The fraction of sp³-hybridized carbons (Fsp3) is 0.389. The molecule has 1 saturated heterocycles. The monoisotopic (exact) mass is 396 g/mol. The quantitative estimate of drug-likeness (QED) is 0.326. The van der Waals surface area contributed by atoms with Gasteiger partial charge in [0, 0.05) is 11.5 Å². The van der Waals surface area contributed by atoms with Crippen LogP contribution in [0.5, 0.6) is 0 Å². The highest BCUT2D eigenvalue weighted by atomic mass is 16.6. The van der Waals surface area contributed by atoms with Crippen LogP contribution in [0.3, 0.4) is 0 Å². The zero-order valence-electron chi connectivity index (χ0n) is 15.6. The summed E-state index contributed by atoms with van der Waals surface area (Å²) in [6, 6.07) is 9.86. The third-order valence-electron chi connectivity index (χ3n) is 5.07. The maximum Gasteiger partial charge on any atom is 0.167 e. The van der Waals surface area contributed by atoms with Crippen LogP contribution < -0.4 is 5.32 Å². The van der Waals surface area contributed by atoms with E-state index in [0.717, 1.165) is 5.56 Å². The Morgan fingerprint density at radius 1 is 1.31 bits per heavy atom. The smallest absolute Gasteiger partial charge is 0.167 e. The van der Waals surface area contributed by atoms with Crippen molar-refractivity contribution in [1.82, 2.24) is 19.5 Å². The first-order valence-corrected chi connectivity index (χ1v) is 9.04. The number of nitrogens with zero attached hydrogens (tertiary/aromatic N) is 7. The zero-order valence-corrected chi connectivity index (χ0v) is 15.6. The van der Waals surface area contributed by atoms with Crippen molar-refractivity contribution >= 4 is 17.0 Å². The second-order valence-corrected chi connectivity index (χ2v) is 6.98. The molecule has 3 aromatic rings. The van der Waals surface area contributed by atoms with Crippen LogP contribution >= 0.6 is 0 Å². The minimum Gasteiger partial charge on any atom is -0.385 e. The third kappa shape index (κ3) is 3.47. The van der Waals surface area contributed by atoms with Crippen molar-refractivity contribution in [3.05, 3.63) is 59.0 Å². The number of aliphatic hydroxyl groups is 2. The lowest BCUT2D eigenvalue weighted by Crippen LogP contribution is -2.45. The van der Waals surface area contributed by atoms with E-state index in [-0.39, 0.29) is 6.54 Å². The van der Waals surface area contributed by atoms with Gasteiger partial charge in [0.2, 0.25) is 0 Å². The van der Waals surface area contributed by atoms with Gasteiger partial charge in [-0.3, -0.25) is 4.57 Å². The van der Waals surface area contributed by atoms with Crippen LogP contribution in [-0.4, -0.2) is 54.1 Å². The van der Waals surface area contributed by atoms with Crippen LogP contribution in [0, 0.1) is 0 Å². The number of aromatic nitrogens is 4. The predicted molar refractivity (Wildman–Crippen MR) is 104 cm³/mol. The lowest BCUT2D eigenvalue weighted by atomic mass is 9.94. The molecule has 1 fully saturated rings. The number of ether oxygens (including phenoxy) is 1. The molecule has 4 atom stereocenters. The maximum atomic E-state index is 10.6. The highest BCUT2D eigenvalue weighted by Crippen LogP contribution is 2.38. The van der Waals surface area contributed by atoms with Crippen molar-refractivity contribution in [2.24, 2.45) is 5.11 Å². The van der Waals surface area contributed by atoms with Crippen molar-refractivity contribution in [1.29, 1.82) is 0 Å². The Kier molecular flexibility index (Phi) is 5.03. The number of aliphatic hydroxyl groups excluding tert-OH is 1. The molecule has 3 heterocycles. The Balaban J connectivity index is 1.61. The van der Waals surface area contributed by atoms with E-state index < -0.39 is 24.0 Å². The van der Waals surface area contributed by atoms with Crippen molar-refractivity contribution in [3.63, 3.8) is 0 Å².